The number of ketones is 1. The molecule has 8 heteroatoms. The average molecular weight is 581 g/mol. The zero-order valence-corrected chi connectivity index (χ0v) is 24.8. The van der Waals surface area contributed by atoms with Gasteiger partial charge in [0.05, 0.1) is 6.04 Å². The fourth-order valence-electron chi connectivity index (χ4n) is 5.57. The number of piperidine rings is 1. The van der Waals surface area contributed by atoms with E-state index in [0.717, 1.165) is 42.6 Å². The van der Waals surface area contributed by atoms with E-state index in [-0.39, 0.29) is 29.5 Å². The van der Waals surface area contributed by atoms with Crippen molar-refractivity contribution in [2.75, 3.05) is 13.1 Å². The molecule has 0 radical (unpaired) electrons. The maximum Gasteiger partial charge on any atom is 0.266 e. The second kappa shape index (κ2) is 14.2. The molecule has 1 aliphatic rings. The van der Waals surface area contributed by atoms with Gasteiger partial charge >= 0.3 is 0 Å². The van der Waals surface area contributed by atoms with E-state index in [9.17, 15) is 14.4 Å². The van der Waals surface area contributed by atoms with Gasteiger partial charge in [-0.1, -0.05) is 80.6 Å². The van der Waals surface area contributed by atoms with E-state index >= 15 is 0 Å². The van der Waals surface area contributed by atoms with E-state index in [2.05, 4.69) is 20.9 Å². The number of Topliss-reactive ketones (excluding diaryl/α,β-unsaturated/α-hetero) is 1. The highest BCUT2D eigenvalue weighted by Crippen LogP contribution is 2.25. The Balaban J connectivity index is 1.37. The predicted octanol–water partition coefficient (Wildman–Crippen LogP) is 5.33. The van der Waals surface area contributed by atoms with Crippen molar-refractivity contribution in [3.05, 3.63) is 90.3 Å². The summed E-state index contributed by atoms with van der Waals surface area (Å²) in [4.78, 5) is 45.2. The normalized spacial score (nSPS) is 15.2. The van der Waals surface area contributed by atoms with E-state index in [1.165, 1.54) is 0 Å². The van der Waals surface area contributed by atoms with Crippen molar-refractivity contribution in [1.29, 1.82) is 0 Å². The third-order valence-electron chi connectivity index (χ3n) is 7.95. The van der Waals surface area contributed by atoms with Gasteiger partial charge in [-0.2, -0.15) is 0 Å². The fraction of sp³-hybridized carbons (Fsp3) is 0.371. The SMILES string of the molecule is CC(C)CC(NC(=O)C1CCNCC1)C(=O)NC(CCc1ccccc1)C(=O)c1nc2cc(-c3ccccc3)ccc2o1. The number of nitrogens with zero attached hydrogens (tertiary/aromatic N) is 1. The van der Waals surface area contributed by atoms with Crippen LogP contribution in [0.25, 0.3) is 22.2 Å². The van der Waals surface area contributed by atoms with Crippen LogP contribution in [0.2, 0.25) is 0 Å². The zero-order valence-electron chi connectivity index (χ0n) is 24.8. The molecule has 1 saturated heterocycles. The molecule has 1 aliphatic heterocycles. The number of nitrogens with one attached hydrogen (secondary N) is 3. The summed E-state index contributed by atoms with van der Waals surface area (Å²) in [5.74, 6) is -0.877. The monoisotopic (exact) mass is 580 g/mol. The lowest BCUT2D eigenvalue weighted by Crippen LogP contribution is -2.53. The molecule has 1 fully saturated rings. The molecule has 4 aromatic rings. The number of benzene rings is 3. The maximum absolute atomic E-state index is 13.9. The first-order chi connectivity index (χ1) is 20.9. The lowest BCUT2D eigenvalue weighted by Gasteiger charge is -2.27. The highest BCUT2D eigenvalue weighted by molar-refractivity contribution is 6.01. The van der Waals surface area contributed by atoms with Crippen LogP contribution in [0.5, 0.6) is 0 Å². The minimum Gasteiger partial charge on any atom is -0.434 e. The van der Waals surface area contributed by atoms with E-state index < -0.39 is 17.9 Å². The van der Waals surface area contributed by atoms with Crippen molar-refractivity contribution in [2.24, 2.45) is 11.8 Å². The van der Waals surface area contributed by atoms with Crippen LogP contribution in [0.3, 0.4) is 0 Å². The summed E-state index contributed by atoms with van der Waals surface area (Å²) in [5.41, 5.74) is 4.14. The van der Waals surface area contributed by atoms with Crippen LogP contribution in [0.1, 0.15) is 55.8 Å². The van der Waals surface area contributed by atoms with Crippen molar-refractivity contribution < 1.29 is 18.8 Å². The van der Waals surface area contributed by atoms with E-state index in [4.69, 9.17) is 4.42 Å². The second-order valence-corrected chi connectivity index (χ2v) is 11.7. The van der Waals surface area contributed by atoms with E-state index in [1.807, 2.05) is 92.7 Å². The molecule has 1 aromatic heterocycles. The number of hydrogen-bond donors (Lipinski definition) is 3. The summed E-state index contributed by atoms with van der Waals surface area (Å²) in [7, 11) is 0. The molecule has 3 N–H and O–H groups in total. The quantitative estimate of drug-likeness (QED) is 0.195. The van der Waals surface area contributed by atoms with Gasteiger partial charge in [-0.25, -0.2) is 4.98 Å². The van der Waals surface area contributed by atoms with Gasteiger partial charge in [0.2, 0.25) is 17.6 Å². The topological polar surface area (TPSA) is 113 Å². The van der Waals surface area contributed by atoms with Crippen molar-refractivity contribution in [1.82, 2.24) is 20.9 Å². The number of amides is 2. The number of oxazole rings is 1. The molecule has 0 spiro atoms. The summed E-state index contributed by atoms with van der Waals surface area (Å²) >= 11 is 0. The van der Waals surface area contributed by atoms with Crippen molar-refractivity contribution in [3.8, 4) is 11.1 Å². The molecular weight excluding hydrogens is 540 g/mol. The second-order valence-electron chi connectivity index (χ2n) is 11.7. The van der Waals surface area contributed by atoms with Crippen LogP contribution >= 0.6 is 0 Å². The minimum atomic E-state index is -0.875. The number of aromatic nitrogens is 1. The van der Waals surface area contributed by atoms with Crippen LogP contribution in [0.15, 0.2) is 83.3 Å². The smallest absolute Gasteiger partial charge is 0.266 e. The number of fused-ring (bicyclic) bond motifs is 1. The number of aryl methyl sites for hydroxylation is 1. The maximum atomic E-state index is 13.9. The molecule has 0 bridgehead atoms. The van der Waals surface area contributed by atoms with Gasteiger partial charge in [-0.3, -0.25) is 14.4 Å². The Morgan fingerprint density at radius 2 is 1.58 bits per heavy atom. The van der Waals surface area contributed by atoms with Crippen LogP contribution in [-0.4, -0.2) is 47.8 Å². The third-order valence-corrected chi connectivity index (χ3v) is 7.95. The summed E-state index contributed by atoms with van der Waals surface area (Å²) in [6.45, 7) is 5.59. The average Bonchev–Trinajstić information content (AvgIpc) is 3.47. The van der Waals surface area contributed by atoms with Crippen LogP contribution in [-0.2, 0) is 16.0 Å². The Kier molecular flexibility index (Phi) is 10.00. The first kappa shape index (κ1) is 30.2. The van der Waals surface area contributed by atoms with Gasteiger partial charge < -0.3 is 20.4 Å². The molecule has 2 atom stereocenters. The van der Waals surface area contributed by atoms with Crippen LogP contribution < -0.4 is 16.0 Å². The van der Waals surface area contributed by atoms with Gasteiger partial charge in [0.25, 0.3) is 5.89 Å². The number of carbonyl (C=O) groups excluding carboxylic acids is 3. The molecule has 2 amide bonds. The molecule has 5 rings (SSSR count). The Labute approximate surface area is 252 Å². The van der Waals surface area contributed by atoms with Crippen molar-refractivity contribution in [2.45, 2.75) is 58.0 Å². The summed E-state index contributed by atoms with van der Waals surface area (Å²) in [5, 5.41) is 9.22. The van der Waals surface area contributed by atoms with E-state index in [0.29, 0.717) is 30.4 Å². The summed E-state index contributed by atoms with van der Waals surface area (Å²) < 4.78 is 5.92. The van der Waals surface area contributed by atoms with E-state index in [1.54, 1.807) is 0 Å². The first-order valence-corrected chi connectivity index (χ1v) is 15.2. The fourth-order valence-corrected chi connectivity index (χ4v) is 5.57. The van der Waals surface area contributed by atoms with Gasteiger partial charge in [-0.05, 0) is 79.9 Å². The first-order valence-electron chi connectivity index (χ1n) is 15.2. The highest BCUT2D eigenvalue weighted by atomic mass is 16.4. The Bertz CT molecular complexity index is 1530. The Hall–Kier alpha value is -4.30. The molecule has 2 heterocycles. The highest BCUT2D eigenvalue weighted by Gasteiger charge is 2.32. The summed E-state index contributed by atoms with van der Waals surface area (Å²) in [6, 6.07) is 23.8. The molecule has 0 aliphatic carbocycles. The van der Waals surface area contributed by atoms with Gasteiger partial charge in [0, 0.05) is 5.92 Å². The Morgan fingerprint density at radius 3 is 2.28 bits per heavy atom. The molecular formula is C35H40N4O4. The lowest BCUT2D eigenvalue weighted by atomic mass is 9.95. The molecule has 2 unspecified atom stereocenters. The number of carbonyl (C=O) groups is 3. The molecule has 3 aromatic carbocycles. The molecule has 8 nitrogen and oxygen atoms in total. The van der Waals surface area contributed by atoms with Gasteiger partial charge in [0.1, 0.15) is 11.6 Å². The van der Waals surface area contributed by atoms with Crippen molar-refractivity contribution in [3.63, 3.8) is 0 Å². The van der Waals surface area contributed by atoms with Crippen molar-refractivity contribution >= 4 is 28.7 Å². The standard InChI is InChI=1S/C35H40N4O4/c1-23(2)21-30(38-33(41)26-17-19-36-20-18-26)34(42)37-28(15-13-24-9-5-3-6-10-24)32(40)35-39-29-22-27(14-16-31(29)43-35)25-11-7-4-8-12-25/h3-12,14,16,22-23,26,28,30,36H,13,15,17-21H2,1-2H3,(H,37,42)(H,38,41). The molecule has 224 valence electrons. The molecule has 43 heavy (non-hydrogen) atoms. The predicted molar refractivity (Wildman–Crippen MR) is 167 cm³/mol. The number of rotatable bonds is 12. The number of hydrogen-bond acceptors (Lipinski definition) is 6. The van der Waals surface area contributed by atoms with Gasteiger partial charge in [0.15, 0.2) is 5.58 Å². The summed E-state index contributed by atoms with van der Waals surface area (Å²) in [6.07, 6.45) is 2.88. The molecule has 0 saturated carbocycles. The largest absolute Gasteiger partial charge is 0.434 e. The third kappa shape index (κ3) is 7.96. The van der Waals surface area contributed by atoms with Crippen LogP contribution in [0.4, 0.5) is 0 Å². The van der Waals surface area contributed by atoms with Gasteiger partial charge in [-0.15, -0.1) is 0 Å². The lowest BCUT2D eigenvalue weighted by molar-refractivity contribution is -0.132. The zero-order chi connectivity index (χ0) is 30.2. The Morgan fingerprint density at radius 1 is 0.884 bits per heavy atom. The van der Waals surface area contributed by atoms with Crippen LogP contribution in [0, 0.1) is 11.8 Å². The minimum absolute atomic E-state index is 0.0438.